The summed E-state index contributed by atoms with van der Waals surface area (Å²) in [5.74, 6) is 2.44. The smallest absolute Gasteiger partial charge is 0.0603 e. The number of aliphatic hydroxyl groups excluding tert-OH is 1. The topological polar surface area (TPSA) is 32.3 Å². The van der Waals surface area contributed by atoms with Gasteiger partial charge in [0.2, 0.25) is 0 Å². The molecule has 2 heteroatoms. The van der Waals surface area contributed by atoms with Crippen LogP contribution in [0.5, 0.6) is 0 Å². The third kappa shape index (κ3) is 6.38. The maximum atomic E-state index is 11.0. The molecule has 1 fully saturated rings. The van der Waals surface area contributed by atoms with Crippen molar-refractivity contribution in [2.45, 2.75) is 111 Å². The normalized spacial score (nSPS) is 35.5. The molecule has 0 aliphatic carbocycles. The van der Waals surface area contributed by atoms with E-state index in [2.05, 4.69) is 60.7 Å². The number of rotatable bonds is 8. The molecule has 0 spiro atoms. The van der Waals surface area contributed by atoms with Gasteiger partial charge in [-0.3, -0.25) is 0 Å². The van der Waals surface area contributed by atoms with Crippen LogP contribution in [-0.4, -0.2) is 22.3 Å². The van der Waals surface area contributed by atoms with Gasteiger partial charge in [0.1, 0.15) is 0 Å². The van der Waals surface area contributed by atoms with Crippen molar-refractivity contribution in [3.05, 3.63) is 0 Å². The Kier molecular flexibility index (Phi) is 7.60. The van der Waals surface area contributed by atoms with Crippen LogP contribution in [0.25, 0.3) is 0 Å². The van der Waals surface area contributed by atoms with Crippen molar-refractivity contribution in [1.82, 2.24) is 5.32 Å². The van der Waals surface area contributed by atoms with Gasteiger partial charge in [0.25, 0.3) is 0 Å². The van der Waals surface area contributed by atoms with Gasteiger partial charge in [-0.15, -0.1) is 0 Å². The summed E-state index contributed by atoms with van der Waals surface area (Å²) in [5.41, 5.74) is 0.126. The fourth-order valence-electron chi connectivity index (χ4n) is 4.39. The Morgan fingerprint density at radius 3 is 1.91 bits per heavy atom. The predicted octanol–water partition coefficient (Wildman–Crippen LogP) is 5.39. The summed E-state index contributed by atoms with van der Waals surface area (Å²) in [4.78, 5) is 0. The third-order valence-corrected chi connectivity index (χ3v) is 5.77. The molecule has 0 bridgehead atoms. The number of hydrogen-bond donors (Lipinski definition) is 2. The average Bonchev–Trinajstić information content (AvgIpc) is 2.39. The summed E-state index contributed by atoms with van der Waals surface area (Å²) in [6.45, 7) is 18.5. The molecular formula is C21H43NO. The van der Waals surface area contributed by atoms with Crippen LogP contribution in [-0.2, 0) is 0 Å². The highest BCUT2D eigenvalue weighted by Crippen LogP contribution is 2.42. The van der Waals surface area contributed by atoms with Crippen molar-refractivity contribution >= 4 is 0 Å². The Labute approximate surface area is 145 Å². The van der Waals surface area contributed by atoms with Crippen LogP contribution in [0.1, 0.15) is 93.9 Å². The second-order valence-electron chi connectivity index (χ2n) is 9.98. The summed E-state index contributed by atoms with van der Waals surface area (Å²) >= 11 is 0. The summed E-state index contributed by atoms with van der Waals surface area (Å²) in [6.07, 6.45) is 6.62. The molecule has 4 unspecified atom stereocenters. The molecule has 4 atom stereocenters. The first kappa shape index (κ1) is 21.0. The molecule has 1 heterocycles. The first-order valence-corrected chi connectivity index (χ1v) is 9.95. The molecular weight excluding hydrogens is 282 g/mol. The molecule has 23 heavy (non-hydrogen) atoms. The first-order valence-electron chi connectivity index (χ1n) is 9.95. The lowest BCUT2D eigenvalue weighted by Gasteiger charge is -2.54. The molecule has 0 aromatic carbocycles. The number of nitrogens with one attached hydrogen (secondary N) is 1. The van der Waals surface area contributed by atoms with Gasteiger partial charge in [0.05, 0.1) is 6.10 Å². The molecule has 0 amide bonds. The Balaban J connectivity index is 2.94. The van der Waals surface area contributed by atoms with Crippen molar-refractivity contribution in [2.75, 3.05) is 0 Å². The summed E-state index contributed by atoms with van der Waals surface area (Å²) in [5, 5.41) is 15.0. The fraction of sp³-hybridized carbons (Fsp3) is 1.00. The minimum absolute atomic E-state index is 0.0535. The van der Waals surface area contributed by atoms with Crippen molar-refractivity contribution in [2.24, 2.45) is 23.7 Å². The Morgan fingerprint density at radius 2 is 1.43 bits per heavy atom. The van der Waals surface area contributed by atoms with Crippen molar-refractivity contribution in [3.8, 4) is 0 Å². The van der Waals surface area contributed by atoms with Gasteiger partial charge in [-0.25, -0.2) is 0 Å². The maximum absolute atomic E-state index is 11.0. The van der Waals surface area contributed by atoms with E-state index in [9.17, 15) is 5.11 Å². The summed E-state index contributed by atoms with van der Waals surface area (Å²) in [6, 6.07) is 0. The highest BCUT2D eigenvalue weighted by atomic mass is 16.3. The molecule has 1 rings (SSSR count). The van der Waals surface area contributed by atoms with E-state index >= 15 is 0 Å². The van der Waals surface area contributed by atoms with Gasteiger partial charge in [-0.05, 0) is 70.1 Å². The lowest BCUT2D eigenvalue weighted by molar-refractivity contribution is -0.0497. The fourth-order valence-corrected chi connectivity index (χ4v) is 4.39. The zero-order valence-electron chi connectivity index (χ0n) is 17.1. The second-order valence-corrected chi connectivity index (χ2v) is 9.98. The standard InChI is InChI=1S/C21H43NO/c1-15(2)9-11-20(7)14-19(23)18(13-17(5)6)21(8,22-20)12-10-16(3)4/h15-19,22-23H,9-14H2,1-8H3. The highest BCUT2D eigenvalue weighted by molar-refractivity contribution is 5.06. The van der Waals surface area contributed by atoms with E-state index in [0.717, 1.165) is 31.6 Å². The molecule has 0 radical (unpaired) electrons. The summed E-state index contributed by atoms with van der Waals surface area (Å²) in [7, 11) is 0. The lowest BCUT2D eigenvalue weighted by Crippen LogP contribution is -2.67. The van der Waals surface area contributed by atoms with Crippen LogP contribution in [0.3, 0.4) is 0 Å². The van der Waals surface area contributed by atoms with Gasteiger partial charge >= 0.3 is 0 Å². The van der Waals surface area contributed by atoms with E-state index in [4.69, 9.17) is 0 Å². The number of hydrogen-bond acceptors (Lipinski definition) is 2. The minimum Gasteiger partial charge on any atom is -0.393 e. The van der Waals surface area contributed by atoms with E-state index < -0.39 is 0 Å². The Bertz CT molecular complexity index is 352. The molecule has 0 aromatic rings. The van der Waals surface area contributed by atoms with Gasteiger partial charge in [-0.1, -0.05) is 41.5 Å². The predicted molar refractivity (Wildman–Crippen MR) is 102 cm³/mol. The maximum Gasteiger partial charge on any atom is 0.0603 e. The zero-order valence-corrected chi connectivity index (χ0v) is 17.1. The van der Waals surface area contributed by atoms with E-state index in [-0.39, 0.29) is 17.2 Å². The van der Waals surface area contributed by atoms with Crippen molar-refractivity contribution < 1.29 is 5.11 Å². The van der Waals surface area contributed by atoms with Gasteiger partial charge in [0, 0.05) is 17.0 Å². The second kappa shape index (κ2) is 8.34. The summed E-state index contributed by atoms with van der Waals surface area (Å²) < 4.78 is 0. The molecule has 1 aliphatic heterocycles. The SMILES string of the molecule is CC(C)CCC1(C)CC(O)C(CC(C)C)C(C)(CCC(C)C)N1. The van der Waals surface area contributed by atoms with E-state index in [1.54, 1.807) is 0 Å². The quantitative estimate of drug-likeness (QED) is 0.627. The largest absolute Gasteiger partial charge is 0.393 e. The van der Waals surface area contributed by atoms with Crippen LogP contribution in [0.15, 0.2) is 0 Å². The van der Waals surface area contributed by atoms with E-state index in [1.807, 2.05) is 0 Å². The first-order chi connectivity index (χ1) is 10.5. The van der Waals surface area contributed by atoms with Crippen LogP contribution < -0.4 is 5.32 Å². The number of aliphatic hydroxyl groups is 1. The van der Waals surface area contributed by atoms with Gasteiger partial charge < -0.3 is 10.4 Å². The van der Waals surface area contributed by atoms with Crippen molar-refractivity contribution in [3.63, 3.8) is 0 Å². The monoisotopic (exact) mass is 325 g/mol. The van der Waals surface area contributed by atoms with Crippen LogP contribution >= 0.6 is 0 Å². The van der Waals surface area contributed by atoms with Crippen LogP contribution in [0.2, 0.25) is 0 Å². The van der Waals surface area contributed by atoms with E-state index in [0.29, 0.717) is 17.8 Å². The van der Waals surface area contributed by atoms with Gasteiger partial charge in [0.15, 0.2) is 0 Å². The molecule has 1 aliphatic rings. The Morgan fingerprint density at radius 1 is 0.913 bits per heavy atom. The molecule has 2 nitrogen and oxygen atoms in total. The highest BCUT2D eigenvalue weighted by Gasteiger charge is 2.48. The van der Waals surface area contributed by atoms with Crippen LogP contribution in [0.4, 0.5) is 0 Å². The Hall–Kier alpha value is -0.0800. The lowest BCUT2D eigenvalue weighted by atomic mass is 9.65. The third-order valence-electron chi connectivity index (χ3n) is 5.77. The van der Waals surface area contributed by atoms with Crippen molar-refractivity contribution in [1.29, 1.82) is 0 Å². The molecule has 2 N–H and O–H groups in total. The molecule has 138 valence electrons. The molecule has 0 saturated carbocycles. The molecule has 1 saturated heterocycles. The average molecular weight is 326 g/mol. The molecule has 0 aromatic heterocycles. The number of piperidine rings is 1. The minimum atomic E-state index is -0.173. The zero-order chi connectivity index (χ0) is 17.8. The van der Waals surface area contributed by atoms with E-state index in [1.165, 1.54) is 12.8 Å². The van der Waals surface area contributed by atoms with Gasteiger partial charge in [-0.2, -0.15) is 0 Å². The van der Waals surface area contributed by atoms with Crippen LogP contribution in [0, 0.1) is 23.7 Å².